The van der Waals surface area contributed by atoms with Gasteiger partial charge < -0.3 is 29.3 Å². The molecule has 0 bridgehead atoms. The highest BCUT2D eigenvalue weighted by Crippen LogP contribution is 2.43. The molecule has 8 rings (SSSR count). The van der Waals surface area contributed by atoms with Gasteiger partial charge in [-0.15, -0.1) is 0 Å². The minimum atomic E-state index is -4.71. The van der Waals surface area contributed by atoms with Crippen molar-refractivity contribution in [3.05, 3.63) is 87.2 Å². The van der Waals surface area contributed by atoms with Crippen LogP contribution in [0.2, 0.25) is 5.02 Å². The van der Waals surface area contributed by atoms with Gasteiger partial charge in [-0.1, -0.05) is 11.6 Å². The number of hydrogen-bond acceptors (Lipinski definition) is 11. The number of amides is 5. The molecule has 0 radical (unpaired) electrons. The van der Waals surface area contributed by atoms with Crippen molar-refractivity contribution in [1.29, 1.82) is 0 Å². The second-order valence-electron chi connectivity index (χ2n) is 21.0. The predicted octanol–water partition coefficient (Wildman–Crippen LogP) is 10.7. The first-order valence-electron chi connectivity index (χ1n) is 26.6. The lowest BCUT2D eigenvalue weighted by molar-refractivity contribution is -0.138. The van der Waals surface area contributed by atoms with Crippen molar-refractivity contribution in [2.45, 2.75) is 123 Å². The molecule has 4 aromatic rings. The number of methoxy groups -OCH3 is 1. The lowest BCUT2D eigenvalue weighted by atomic mass is 9.77. The molecule has 19 heteroatoms. The van der Waals surface area contributed by atoms with Crippen LogP contribution in [0.4, 0.5) is 29.5 Å². The Morgan fingerprint density at radius 3 is 2.23 bits per heavy atom. The second kappa shape index (κ2) is 22.9. The summed E-state index contributed by atoms with van der Waals surface area (Å²) in [5, 5.41) is 6.50. The Bertz CT molecular complexity index is 2840. The van der Waals surface area contributed by atoms with E-state index in [9.17, 15) is 37.1 Å². The van der Waals surface area contributed by atoms with Crippen LogP contribution in [0.15, 0.2) is 48.5 Å². The summed E-state index contributed by atoms with van der Waals surface area (Å²) in [5.41, 5.74) is 0.328. The molecule has 4 heterocycles. The van der Waals surface area contributed by atoms with Gasteiger partial charge in [-0.25, -0.2) is 19.6 Å². The number of aryl methyl sites for hydroxylation is 1. The number of ether oxygens (including phenoxy) is 3. The number of hydrogen-bond donors (Lipinski definition) is 2. The average Bonchev–Trinajstić information content (AvgIpc) is 3.38. The number of aromatic nitrogens is 2. The monoisotopic (exact) mass is 1050 g/mol. The summed E-state index contributed by atoms with van der Waals surface area (Å²) in [4.78, 5) is 78.9. The van der Waals surface area contributed by atoms with E-state index in [0.29, 0.717) is 97.8 Å². The van der Waals surface area contributed by atoms with Crippen LogP contribution in [-0.2, 0) is 25.2 Å². The number of fused-ring (bicyclic) bond motifs is 1. The standard InChI is InChI=1S/C55H67ClF3N7O8/c1-32(39-25-40(52(70)74-54(3,4)5)27-41(26-39)55(57,58)59)60-49-43-29-42(47(72-6)30-45(43)61-33(2)62-49)36-7-9-37(10-8-36)50(68)64-19-13-34(14-20-64)18-24-73-31-35-15-21-65(22-16-35)51(69)38-11-12-44(56)46(28-38)66-23-17-48(67)63-53(66)71/h11-12,25-30,32,34-37H,7-10,13-24,31H2,1-6H3,(H,60,61,62)(H,63,67,71)/t32-,36?,37?/m1/s1/i31D2. The van der Waals surface area contributed by atoms with E-state index < -0.39 is 47.9 Å². The van der Waals surface area contributed by atoms with Crippen molar-refractivity contribution < 1.29 is 54.1 Å². The van der Waals surface area contributed by atoms with Gasteiger partial charge in [-0.05, 0) is 164 Å². The number of benzene rings is 3. The fourth-order valence-corrected chi connectivity index (χ4v) is 10.7. The Hall–Kier alpha value is -6.01. The maximum absolute atomic E-state index is 14.1. The van der Waals surface area contributed by atoms with E-state index in [0.717, 1.165) is 43.4 Å². The van der Waals surface area contributed by atoms with Gasteiger partial charge in [-0.2, -0.15) is 13.2 Å². The molecule has 1 aromatic heterocycles. The van der Waals surface area contributed by atoms with Crippen molar-refractivity contribution in [1.82, 2.24) is 25.1 Å². The lowest BCUT2D eigenvalue weighted by Gasteiger charge is -2.36. The molecule has 74 heavy (non-hydrogen) atoms. The summed E-state index contributed by atoms with van der Waals surface area (Å²) in [6, 6.07) is 10.4. The first kappa shape index (κ1) is 51.5. The normalized spacial score (nSPS) is 20.4. The van der Waals surface area contributed by atoms with Gasteiger partial charge in [0.25, 0.3) is 5.91 Å². The number of likely N-dealkylation sites (tertiary alicyclic amines) is 2. The van der Waals surface area contributed by atoms with Crippen LogP contribution in [0.25, 0.3) is 10.9 Å². The van der Waals surface area contributed by atoms with Gasteiger partial charge >= 0.3 is 18.2 Å². The SMILES string of the molecule is [2H]C([2H])(OCCC1CCN(C(=O)C2CCC(c3cc4c(N[C@H](C)c5cc(C(=O)OC(C)(C)C)cc(C(F)(F)F)c5)nc(C)nc4cc3OC)CC2)CC1)C1CCN(C(=O)c2ccc(Cl)c(N3CCC(=O)NC3=O)c2)CC1. The summed E-state index contributed by atoms with van der Waals surface area (Å²) in [6.07, 6.45) is 1.35. The third-order valence-corrected chi connectivity index (χ3v) is 14.9. The number of anilines is 2. The molecule has 3 aromatic carbocycles. The molecule has 4 aliphatic rings. The van der Waals surface area contributed by atoms with E-state index in [1.54, 1.807) is 64.8 Å². The fraction of sp³-hybridized carbons (Fsp3) is 0.545. The Morgan fingerprint density at radius 1 is 0.878 bits per heavy atom. The topological polar surface area (TPSA) is 173 Å². The Morgan fingerprint density at radius 2 is 1.57 bits per heavy atom. The molecular formula is C55H67ClF3N7O8. The summed E-state index contributed by atoms with van der Waals surface area (Å²) < 4.78 is 77.2. The molecule has 398 valence electrons. The maximum atomic E-state index is 14.1. The average molecular weight is 1050 g/mol. The lowest BCUT2D eigenvalue weighted by Crippen LogP contribution is -2.49. The fourth-order valence-electron chi connectivity index (χ4n) is 10.5. The Kier molecular flexibility index (Phi) is 15.9. The zero-order valence-electron chi connectivity index (χ0n) is 44.8. The zero-order valence-corrected chi connectivity index (χ0v) is 43.6. The summed E-state index contributed by atoms with van der Waals surface area (Å²) >= 11 is 6.39. The van der Waals surface area contributed by atoms with Crippen molar-refractivity contribution in [2.75, 3.05) is 63.2 Å². The number of halogens is 4. The molecule has 0 unspecified atom stereocenters. The first-order chi connectivity index (χ1) is 35.9. The van der Waals surface area contributed by atoms with Crippen LogP contribution in [0.3, 0.4) is 0 Å². The van der Waals surface area contributed by atoms with Gasteiger partial charge in [0.2, 0.25) is 11.8 Å². The van der Waals surface area contributed by atoms with Crippen molar-refractivity contribution in [2.24, 2.45) is 17.8 Å². The van der Waals surface area contributed by atoms with Crippen LogP contribution >= 0.6 is 11.6 Å². The Balaban J connectivity index is 0.812. The third-order valence-electron chi connectivity index (χ3n) is 14.6. The van der Waals surface area contributed by atoms with Crippen LogP contribution in [0.5, 0.6) is 5.75 Å². The quantitative estimate of drug-likeness (QED) is 0.115. The summed E-state index contributed by atoms with van der Waals surface area (Å²) in [6.45, 7) is 8.79. The number of rotatable bonds is 14. The van der Waals surface area contributed by atoms with Crippen LogP contribution in [0.1, 0.15) is 150 Å². The van der Waals surface area contributed by atoms with Gasteiger partial charge in [0.1, 0.15) is 23.0 Å². The van der Waals surface area contributed by atoms with Crippen LogP contribution in [0, 0.1) is 24.7 Å². The van der Waals surface area contributed by atoms with Crippen molar-refractivity contribution in [3.8, 4) is 5.75 Å². The number of carbonyl (C=O) groups is 5. The van der Waals surface area contributed by atoms with Crippen molar-refractivity contribution >= 4 is 63.7 Å². The predicted molar refractivity (Wildman–Crippen MR) is 274 cm³/mol. The third kappa shape index (κ3) is 13.1. The number of piperidine rings is 2. The molecule has 1 saturated carbocycles. The minimum absolute atomic E-state index is 0.0618. The number of alkyl halides is 3. The highest BCUT2D eigenvalue weighted by Gasteiger charge is 2.36. The van der Waals surface area contributed by atoms with E-state index in [4.69, 9.17) is 28.6 Å². The highest BCUT2D eigenvalue weighted by atomic mass is 35.5. The van der Waals surface area contributed by atoms with Gasteiger partial charge in [0.15, 0.2) is 0 Å². The van der Waals surface area contributed by atoms with E-state index in [-0.39, 0.29) is 71.2 Å². The summed E-state index contributed by atoms with van der Waals surface area (Å²) in [5.74, 6) is -0.0256. The summed E-state index contributed by atoms with van der Waals surface area (Å²) in [7, 11) is 1.60. The number of urea groups is 1. The van der Waals surface area contributed by atoms with Gasteiger partial charge in [-0.3, -0.25) is 24.6 Å². The molecule has 4 fully saturated rings. The van der Waals surface area contributed by atoms with Crippen LogP contribution in [-0.4, -0.2) is 108 Å². The largest absolute Gasteiger partial charge is 0.496 e. The number of imide groups is 1. The van der Waals surface area contributed by atoms with E-state index in [1.807, 2.05) is 17.0 Å². The number of carbonyl (C=O) groups excluding carboxylic acids is 5. The molecule has 1 aliphatic carbocycles. The van der Waals surface area contributed by atoms with Crippen LogP contribution < -0.4 is 20.3 Å². The first-order valence-corrected chi connectivity index (χ1v) is 26.0. The minimum Gasteiger partial charge on any atom is -0.496 e. The number of nitrogens with zero attached hydrogens (tertiary/aromatic N) is 5. The molecule has 5 amide bonds. The molecule has 3 aliphatic heterocycles. The number of esters is 1. The molecule has 2 N–H and O–H groups in total. The smallest absolute Gasteiger partial charge is 0.416 e. The maximum Gasteiger partial charge on any atom is 0.416 e. The highest BCUT2D eigenvalue weighted by molar-refractivity contribution is 6.34. The molecule has 0 spiro atoms. The molecule has 3 saturated heterocycles. The van der Waals surface area contributed by atoms with E-state index in [1.165, 1.54) is 11.0 Å². The second-order valence-corrected chi connectivity index (χ2v) is 21.4. The van der Waals surface area contributed by atoms with Crippen molar-refractivity contribution in [3.63, 3.8) is 0 Å². The van der Waals surface area contributed by atoms with E-state index in [2.05, 4.69) is 20.6 Å². The zero-order chi connectivity index (χ0) is 54.9. The Labute approximate surface area is 438 Å². The molecule has 1 atom stereocenters. The molecular weight excluding hydrogens is 979 g/mol. The van der Waals surface area contributed by atoms with E-state index >= 15 is 0 Å². The molecule has 15 nitrogen and oxygen atoms in total. The van der Waals surface area contributed by atoms with Gasteiger partial charge in [0, 0.05) is 75.2 Å². The number of nitrogens with one attached hydrogen (secondary N) is 2. The van der Waals surface area contributed by atoms with Gasteiger partial charge in [0.05, 0.1) is 43.2 Å².